The van der Waals surface area contributed by atoms with E-state index >= 15 is 0 Å². The topological polar surface area (TPSA) is 92.7 Å². The summed E-state index contributed by atoms with van der Waals surface area (Å²) in [7, 11) is 0. The molecule has 0 aliphatic rings. The van der Waals surface area contributed by atoms with Gasteiger partial charge in [0.2, 0.25) is 0 Å². The van der Waals surface area contributed by atoms with Gasteiger partial charge in [0.15, 0.2) is 0 Å². The van der Waals surface area contributed by atoms with Gasteiger partial charge >= 0.3 is 5.69 Å². The van der Waals surface area contributed by atoms with Gasteiger partial charge < -0.3 is 5.32 Å². The Kier molecular flexibility index (Phi) is 4.52. The molecule has 0 atom stereocenters. The molecular weight excluding hydrogens is 270 g/mol. The summed E-state index contributed by atoms with van der Waals surface area (Å²) >= 11 is 0. The molecule has 7 nitrogen and oxygen atoms in total. The fourth-order valence-corrected chi connectivity index (χ4v) is 1.91. The summed E-state index contributed by atoms with van der Waals surface area (Å²) in [6, 6.07) is 1.82. The van der Waals surface area contributed by atoms with Crippen LogP contribution in [0, 0.1) is 0 Å². The smallest absolute Gasteiger partial charge is 0.328 e. The highest BCUT2D eigenvalue weighted by molar-refractivity contribution is 5.35. The summed E-state index contributed by atoms with van der Waals surface area (Å²) < 4.78 is 1.50. The molecule has 0 radical (unpaired) electrons. The summed E-state index contributed by atoms with van der Waals surface area (Å²) in [6.45, 7) is 6.07. The molecule has 2 aromatic rings. The molecule has 2 N–H and O–H groups in total. The van der Waals surface area contributed by atoms with Crippen LogP contribution in [-0.2, 0) is 13.0 Å². The maximum atomic E-state index is 11.8. The molecule has 0 unspecified atom stereocenters. The van der Waals surface area contributed by atoms with Crippen LogP contribution in [0.1, 0.15) is 38.1 Å². The largest absolute Gasteiger partial charge is 0.366 e. The van der Waals surface area contributed by atoms with Crippen LogP contribution in [0.4, 0.5) is 5.82 Å². The van der Waals surface area contributed by atoms with E-state index < -0.39 is 5.69 Å². The van der Waals surface area contributed by atoms with E-state index in [9.17, 15) is 9.59 Å². The third kappa shape index (κ3) is 3.56. The van der Waals surface area contributed by atoms with Gasteiger partial charge in [0.1, 0.15) is 12.1 Å². The first kappa shape index (κ1) is 15.0. The number of anilines is 1. The number of nitrogens with one attached hydrogen (secondary N) is 2. The zero-order valence-electron chi connectivity index (χ0n) is 12.4. The fourth-order valence-electron chi connectivity index (χ4n) is 1.91. The van der Waals surface area contributed by atoms with Crippen LogP contribution < -0.4 is 16.6 Å². The Balaban J connectivity index is 2.21. The van der Waals surface area contributed by atoms with E-state index in [4.69, 9.17) is 0 Å². The van der Waals surface area contributed by atoms with Crippen molar-refractivity contribution in [3.8, 4) is 0 Å². The van der Waals surface area contributed by atoms with E-state index in [-0.39, 0.29) is 11.6 Å². The number of aryl methyl sites for hydroxylation is 1. The average Bonchev–Trinajstić information content (AvgIpc) is 2.46. The minimum absolute atomic E-state index is 0.0150. The highest BCUT2D eigenvalue weighted by Crippen LogP contribution is 2.06. The minimum Gasteiger partial charge on any atom is -0.366 e. The number of aromatic amines is 1. The molecule has 7 heteroatoms. The summed E-state index contributed by atoms with van der Waals surface area (Å²) in [6.07, 6.45) is 3.89. The van der Waals surface area contributed by atoms with Gasteiger partial charge in [-0.1, -0.05) is 6.92 Å². The minimum atomic E-state index is -0.394. The maximum absolute atomic E-state index is 11.8. The summed E-state index contributed by atoms with van der Waals surface area (Å²) in [5.41, 5.74) is 0.636. The van der Waals surface area contributed by atoms with Crippen molar-refractivity contribution < 1.29 is 0 Å². The molecule has 2 heterocycles. The van der Waals surface area contributed by atoms with Crippen molar-refractivity contribution in [1.82, 2.24) is 19.5 Å². The van der Waals surface area contributed by atoms with E-state index in [0.29, 0.717) is 17.9 Å². The Bertz CT molecular complexity index is 733. The van der Waals surface area contributed by atoms with Crippen molar-refractivity contribution in [1.29, 1.82) is 0 Å². The SMILES string of the molecule is CCc1cc(NCc2cn(C(C)C)c(=O)[nH]c2=O)ncn1. The first-order valence-electron chi connectivity index (χ1n) is 6.90. The highest BCUT2D eigenvalue weighted by Gasteiger charge is 2.07. The van der Waals surface area contributed by atoms with Crippen LogP contribution in [0.15, 0.2) is 28.2 Å². The maximum Gasteiger partial charge on any atom is 0.328 e. The molecule has 0 spiro atoms. The lowest BCUT2D eigenvalue weighted by Gasteiger charge is -2.11. The van der Waals surface area contributed by atoms with Crippen molar-refractivity contribution in [3.63, 3.8) is 0 Å². The lowest BCUT2D eigenvalue weighted by atomic mass is 10.3. The van der Waals surface area contributed by atoms with Crippen LogP contribution in [0.2, 0.25) is 0 Å². The van der Waals surface area contributed by atoms with Gasteiger partial charge in [-0.2, -0.15) is 0 Å². The fraction of sp³-hybridized carbons (Fsp3) is 0.429. The van der Waals surface area contributed by atoms with Crippen LogP contribution in [0.3, 0.4) is 0 Å². The molecule has 0 aliphatic heterocycles. The standard InChI is InChI=1S/C14H19N5O2/c1-4-11-5-12(17-8-16-11)15-6-10-7-19(9(2)3)14(21)18-13(10)20/h5,7-9H,4,6H2,1-3H3,(H,15,16,17)(H,18,20,21). The molecule has 0 saturated carbocycles. The molecule has 0 bridgehead atoms. The molecule has 2 rings (SSSR count). The first-order chi connectivity index (χ1) is 10.0. The lowest BCUT2D eigenvalue weighted by molar-refractivity contribution is 0.556. The number of H-pyrrole nitrogens is 1. The zero-order chi connectivity index (χ0) is 15.4. The van der Waals surface area contributed by atoms with E-state index in [0.717, 1.165) is 12.1 Å². The summed E-state index contributed by atoms with van der Waals surface area (Å²) in [5, 5.41) is 3.08. The number of aromatic nitrogens is 4. The van der Waals surface area contributed by atoms with Crippen molar-refractivity contribution in [3.05, 3.63) is 50.7 Å². The number of hydrogen-bond acceptors (Lipinski definition) is 5. The number of nitrogens with zero attached hydrogens (tertiary/aromatic N) is 3. The van der Waals surface area contributed by atoms with Gasteiger partial charge in [-0.25, -0.2) is 14.8 Å². The second kappa shape index (κ2) is 6.34. The first-order valence-corrected chi connectivity index (χ1v) is 6.90. The predicted octanol–water partition coefficient (Wildman–Crippen LogP) is 1.08. The zero-order valence-corrected chi connectivity index (χ0v) is 12.4. The van der Waals surface area contributed by atoms with Crippen molar-refractivity contribution in [2.24, 2.45) is 0 Å². The Morgan fingerprint density at radius 3 is 2.76 bits per heavy atom. The lowest BCUT2D eigenvalue weighted by Crippen LogP contribution is -2.33. The molecule has 2 aromatic heterocycles. The van der Waals surface area contributed by atoms with Crippen LogP contribution in [0.25, 0.3) is 0 Å². The predicted molar refractivity (Wildman–Crippen MR) is 80.4 cm³/mol. The Labute approximate surface area is 122 Å². The molecule has 0 saturated heterocycles. The van der Waals surface area contributed by atoms with Gasteiger partial charge in [0.05, 0.1) is 5.56 Å². The van der Waals surface area contributed by atoms with Gasteiger partial charge in [-0.15, -0.1) is 0 Å². The van der Waals surface area contributed by atoms with Gasteiger partial charge in [0, 0.05) is 30.5 Å². The molecule has 0 aliphatic carbocycles. The van der Waals surface area contributed by atoms with Gasteiger partial charge in [-0.05, 0) is 20.3 Å². The van der Waals surface area contributed by atoms with Crippen LogP contribution >= 0.6 is 0 Å². The highest BCUT2D eigenvalue weighted by atomic mass is 16.2. The van der Waals surface area contributed by atoms with Gasteiger partial charge in [-0.3, -0.25) is 14.3 Å². The van der Waals surface area contributed by atoms with Crippen molar-refractivity contribution in [2.45, 2.75) is 39.8 Å². The number of rotatable bonds is 5. The molecule has 0 aromatic carbocycles. The average molecular weight is 289 g/mol. The van der Waals surface area contributed by atoms with E-state index in [1.165, 1.54) is 10.9 Å². The summed E-state index contributed by atoms with van der Waals surface area (Å²) in [4.78, 5) is 34.0. The Morgan fingerprint density at radius 1 is 1.33 bits per heavy atom. The third-order valence-corrected chi connectivity index (χ3v) is 3.14. The molecule has 0 fully saturated rings. The van der Waals surface area contributed by atoms with E-state index in [1.807, 2.05) is 26.8 Å². The second-order valence-corrected chi connectivity index (χ2v) is 5.02. The Hall–Kier alpha value is -2.44. The van der Waals surface area contributed by atoms with Crippen LogP contribution in [0.5, 0.6) is 0 Å². The molecule has 21 heavy (non-hydrogen) atoms. The molecule has 112 valence electrons. The number of hydrogen-bond donors (Lipinski definition) is 2. The van der Waals surface area contributed by atoms with E-state index in [2.05, 4.69) is 20.3 Å². The Morgan fingerprint density at radius 2 is 2.10 bits per heavy atom. The van der Waals surface area contributed by atoms with Gasteiger partial charge in [0.25, 0.3) is 5.56 Å². The molecular formula is C14H19N5O2. The summed E-state index contributed by atoms with van der Waals surface area (Å²) in [5.74, 6) is 0.656. The molecule has 0 amide bonds. The third-order valence-electron chi connectivity index (χ3n) is 3.14. The van der Waals surface area contributed by atoms with Crippen LogP contribution in [-0.4, -0.2) is 19.5 Å². The van der Waals surface area contributed by atoms with Crippen molar-refractivity contribution >= 4 is 5.82 Å². The second-order valence-electron chi connectivity index (χ2n) is 5.02. The normalized spacial score (nSPS) is 10.9. The monoisotopic (exact) mass is 289 g/mol. The van der Waals surface area contributed by atoms with E-state index in [1.54, 1.807) is 6.20 Å². The quantitative estimate of drug-likeness (QED) is 0.859. The van der Waals surface area contributed by atoms with Crippen molar-refractivity contribution in [2.75, 3.05) is 5.32 Å².